The van der Waals surface area contributed by atoms with Gasteiger partial charge in [-0.1, -0.05) is 48.2 Å². The second-order valence-corrected chi connectivity index (χ2v) is 8.51. The third-order valence-electron chi connectivity index (χ3n) is 4.76. The number of rotatable bonds is 7. The lowest BCUT2D eigenvalue weighted by Crippen LogP contribution is -2.38. The van der Waals surface area contributed by atoms with Gasteiger partial charge in [-0.25, -0.2) is 0 Å². The van der Waals surface area contributed by atoms with Crippen LogP contribution in [0.4, 0.5) is 5.95 Å². The predicted octanol–water partition coefficient (Wildman–Crippen LogP) is 4.23. The summed E-state index contributed by atoms with van der Waals surface area (Å²) in [7, 11) is 1.67. The number of hydrogen-bond acceptors (Lipinski definition) is 6. The van der Waals surface area contributed by atoms with Crippen LogP contribution >= 0.6 is 27.7 Å². The second-order valence-electron chi connectivity index (χ2n) is 6.71. The van der Waals surface area contributed by atoms with Gasteiger partial charge in [-0.05, 0) is 39.2 Å². The maximum atomic E-state index is 5.50. The van der Waals surface area contributed by atoms with Crippen molar-refractivity contribution in [3.05, 3.63) is 64.1 Å². The molecule has 0 N–H and O–H groups in total. The van der Waals surface area contributed by atoms with E-state index in [0.29, 0.717) is 0 Å². The minimum absolute atomic E-state index is 0.723. The summed E-state index contributed by atoms with van der Waals surface area (Å²) in [6, 6.07) is 16.6. The lowest BCUT2D eigenvalue weighted by Gasteiger charge is -2.28. The summed E-state index contributed by atoms with van der Waals surface area (Å²) in [6.07, 6.45) is 0. The summed E-state index contributed by atoms with van der Waals surface area (Å²) in [5, 5.41) is 9.96. The zero-order chi connectivity index (χ0) is 20.1. The standard InChI is InChI=1S/C21H23BrN4O2S/c1-27-19-8-7-17(13-18(19)22)15-29-21-24-23-20(25-9-11-28-12-10-25)26(21)14-16-5-3-2-4-6-16/h2-8,13H,9-12,14-15H2,1H3. The van der Waals surface area contributed by atoms with Gasteiger partial charge in [0.05, 0.1) is 31.3 Å². The summed E-state index contributed by atoms with van der Waals surface area (Å²) in [6.45, 7) is 3.86. The van der Waals surface area contributed by atoms with E-state index in [1.807, 2.05) is 12.1 Å². The van der Waals surface area contributed by atoms with Gasteiger partial charge in [-0.3, -0.25) is 4.57 Å². The second kappa shape index (κ2) is 9.65. The highest BCUT2D eigenvalue weighted by molar-refractivity contribution is 9.10. The first-order valence-electron chi connectivity index (χ1n) is 9.49. The molecule has 1 aliphatic heterocycles. The molecule has 1 aliphatic rings. The molecule has 8 heteroatoms. The molecule has 0 bridgehead atoms. The number of halogens is 1. The monoisotopic (exact) mass is 474 g/mol. The van der Waals surface area contributed by atoms with E-state index in [4.69, 9.17) is 9.47 Å². The Morgan fingerprint density at radius 3 is 2.59 bits per heavy atom. The van der Waals surface area contributed by atoms with Crippen LogP contribution in [0.2, 0.25) is 0 Å². The predicted molar refractivity (Wildman–Crippen MR) is 119 cm³/mol. The minimum Gasteiger partial charge on any atom is -0.496 e. The van der Waals surface area contributed by atoms with Crippen molar-refractivity contribution < 1.29 is 9.47 Å². The van der Waals surface area contributed by atoms with Crippen molar-refractivity contribution in [2.24, 2.45) is 0 Å². The van der Waals surface area contributed by atoms with Crippen LogP contribution in [-0.4, -0.2) is 48.2 Å². The molecule has 0 radical (unpaired) electrons. The number of morpholine rings is 1. The van der Waals surface area contributed by atoms with E-state index in [2.05, 4.69) is 72.0 Å². The van der Waals surface area contributed by atoms with E-state index in [1.54, 1.807) is 18.9 Å². The fraction of sp³-hybridized carbons (Fsp3) is 0.333. The fourth-order valence-electron chi connectivity index (χ4n) is 3.24. The van der Waals surface area contributed by atoms with Crippen molar-refractivity contribution in [3.8, 4) is 5.75 Å². The molecular weight excluding hydrogens is 452 g/mol. The lowest BCUT2D eigenvalue weighted by atomic mass is 10.2. The van der Waals surface area contributed by atoms with Crippen LogP contribution in [0.15, 0.2) is 58.2 Å². The van der Waals surface area contributed by atoms with Gasteiger partial charge in [0.2, 0.25) is 5.95 Å². The van der Waals surface area contributed by atoms with Gasteiger partial charge >= 0.3 is 0 Å². The van der Waals surface area contributed by atoms with E-state index in [9.17, 15) is 0 Å². The molecule has 0 aliphatic carbocycles. The molecule has 4 rings (SSSR count). The van der Waals surface area contributed by atoms with E-state index < -0.39 is 0 Å². The number of ether oxygens (including phenoxy) is 2. The zero-order valence-electron chi connectivity index (χ0n) is 16.3. The Balaban J connectivity index is 1.56. The van der Waals surface area contributed by atoms with Crippen LogP contribution in [0.1, 0.15) is 11.1 Å². The molecular formula is C21H23BrN4O2S. The van der Waals surface area contributed by atoms with Crippen LogP contribution in [0.5, 0.6) is 5.75 Å². The average Bonchev–Trinajstić information content (AvgIpc) is 3.16. The molecule has 0 amide bonds. The molecule has 2 aromatic carbocycles. The maximum Gasteiger partial charge on any atom is 0.228 e. The highest BCUT2D eigenvalue weighted by atomic mass is 79.9. The van der Waals surface area contributed by atoms with Gasteiger partial charge in [0, 0.05) is 18.8 Å². The van der Waals surface area contributed by atoms with Crippen LogP contribution in [0.3, 0.4) is 0 Å². The largest absolute Gasteiger partial charge is 0.496 e. The Morgan fingerprint density at radius 1 is 1.07 bits per heavy atom. The molecule has 1 fully saturated rings. The smallest absolute Gasteiger partial charge is 0.228 e. The molecule has 0 atom stereocenters. The highest BCUT2D eigenvalue weighted by Gasteiger charge is 2.21. The number of benzene rings is 2. The van der Waals surface area contributed by atoms with Gasteiger partial charge < -0.3 is 14.4 Å². The van der Waals surface area contributed by atoms with Crippen molar-refractivity contribution in [2.75, 3.05) is 38.3 Å². The molecule has 1 saturated heterocycles. The summed E-state index contributed by atoms with van der Waals surface area (Å²) in [5.74, 6) is 2.55. The summed E-state index contributed by atoms with van der Waals surface area (Å²) in [5.41, 5.74) is 2.43. The van der Waals surface area contributed by atoms with Gasteiger partial charge in [-0.15, -0.1) is 10.2 Å². The highest BCUT2D eigenvalue weighted by Crippen LogP contribution is 2.30. The molecule has 3 aromatic rings. The number of nitrogens with zero attached hydrogens (tertiary/aromatic N) is 4. The van der Waals surface area contributed by atoms with Gasteiger partial charge in [0.15, 0.2) is 5.16 Å². The number of methoxy groups -OCH3 is 1. The maximum absolute atomic E-state index is 5.50. The van der Waals surface area contributed by atoms with Crippen molar-refractivity contribution in [1.29, 1.82) is 0 Å². The Labute approximate surface area is 183 Å². The first kappa shape index (κ1) is 20.3. The van der Waals surface area contributed by atoms with E-state index in [-0.39, 0.29) is 0 Å². The fourth-order valence-corrected chi connectivity index (χ4v) is 4.70. The quantitative estimate of drug-likeness (QED) is 0.477. The first-order valence-corrected chi connectivity index (χ1v) is 11.3. The Bertz CT molecular complexity index is 945. The van der Waals surface area contributed by atoms with E-state index in [0.717, 1.165) is 59.9 Å². The SMILES string of the molecule is COc1ccc(CSc2nnc(N3CCOCC3)n2Cc2ccccc2)cc1Br. The Hall–Kier alpha value is -2.03. The van der Waals surface area contributed by atoms with Gasteiger partial charge in [-0.2, -0.15) is 0 Å². The number of anilines is 1. The Morgan fingerprint density at radius 2 is 1.86 bits per heavy atom. The first-order chi connectivity index (χ1) is 14.2. The van der Waals surface area contributed by atoms with E-state index in [1.165, 1.54) is 11.1 Å². The van der Waals surface area contributed by atoms with E-state index >= 15 is 0 Å². The molecule has 29 heavy (non-hydrogen) atoms. The number of aromatic nitrogens is 3. The van der Waals surface area contributed by atoms with Gasteiger partial charge in [0.1, 0.15) is 5.75 Å². The molecule has 1 aromatic heterocycles. The van der Waals surface area contributed by atoms with Gasteiger partial charge in [0.25, 0.3) is 0 Å². The average molecular weight is 475 g/mol. The van der Waals surface area contributed by atoms with Crippen LogP contribution in [-0.2, 0) is 17.0 Å². The molecule has 0 unspecified atom stereocenters. The number of thioether (sulfide) groups is 1. The van der Waals surface area contributed by atoms with Crippen molar-refractivity contribution >= 4 is 33.6 Å². The normalized spacial score (nSPS) is 14.2. The van der Waals surface area contributed by atoms with Crippen molar-refractivity contribution in [3.63, 3.8) is 0 Å². The molecule has 152 valence electrons. The summed E-state index contributed by atoms with van der Waals surface area (Å²) in [4.78, 5) is 2.26. The topological polar surface area (TPSA) is 52.4 Å². The summed E-state index contributed by atoms with van der Waals surface area (Å²) >= 11 is 5.26. The lowest BCUT2D eigenvalue weighted by molar-refractivity contribution is 0.121. The van der Waals surface area contributed by atoms with Crippen molar-refractivity contribution in [1.82, 2.24) is 14.8 Å². The van der Waals surface area contributed by atoms with Crippen molar-refractivity contribution in [2.45, 2.75) is 17.5 Å². The number of hydrogen-bond donors (Lipinski definition) is 0. The zero-order valence-corrected chi connectivity index (χ0v) is 18.7. The molecule has 2 heterocycles. The Kier molecular flexibility index (Phi) is 6.74. The minimum atomic E-state index is 0.723. The third kappa shape index (κ3) is 4.94. The van der Waals surface area contributed by atoms with Crippen LogP contribution < -0.4 is 9.64 Å². The molecule has 6 nitrogen and oxygen atoms in total. The summed E-state index contributed by atoms with van der Waals surface area (Å²) < 4.78 is 14.0. The van der Waals surface area contributed by atoms with Crippen LogP contribution in [0, 0.1) is 0 Å². The van der Waals surface area contributed by atoms with Crippen LogP contribution in [0.25, 0.3) is 0 Å². The molecule has 0 spiro atoms. The third-order valence-corrected chi connectivity index (χ3v) is 6.42. The molecule has 0 saturated carbocycles.